The zero-order chi connectivity index (χ0) is 19.0. The second kappa shape index (κ2) is 7.12. The lowest BCUT2D eigenvalue weighted by atomic mass is 10.0. The maximum Gasteiger partial charge on any atom is 0.308 e. The van der Waals surface area contributed by atoms with Crippen molar-refractivity contribution in [2.75, 3.05) is 11.4 Å². The summed E-state index contributed by atoms with van der Waals surface area (Å²) >= 11 is 1.11. The maximum atomic E-state index is 13.3. The molecule has 27 heavy (non-hydrogen) atoms. The Labute approximate surface area is 160 Å². The first kappa shape index (κ1) is 17.7. The first-order valence-corrected chi connectivity index (χ1v) is 9.70. The van der Waals surface area contributed by atoms with Crippen LogP contribution in [-0.2, 0) is 17.8 Å². The van der Waals surface area contributed by atoms with Gasteiger partial charge in [0.25, 0.3) is 0 Å². The Bertz CT molecular complexity index is 1050. The molecule has 0 bridgehead atoms. The summed E-state index contributed by atoms with van der Waals surface area (Å²) in [5, 5.41) is 0. The molecule has 0 saturated heterocycles. The number of benzene rings is 2. The Morgan fingerprint density at radius 3 is 2.67 bits per heavy atom. The van der Waals surface area contributed by atoms with Gasteiger partial charge in [-0.15, -0.1) is 0 Å². The van der Waals surface area contributed by atoms with Crippen molar-refractivity contribution in [1.82, 2.24) is 4.57 Å². The average molecular weight is 382 g/mol. The van der Waals surface area contributed by atoms with E-state index in [1.165, 1.54) is 16.7 Å². The van der Waals surface area contributed by atoms with Crippen molar-refractivity contribution in [3.63, 3.8) is 0 Å². The molecule has 0 N–H and O–H groups in total. The second-order valence-corrected chi connectivity index (χ2v) is 7.81. The van der Waals surface area contributed by atoms with Crippen LogP contribution in [0.15, 0.2) is 53.3 Å². The van der Waals surface area contributed by atoms with E-state index >= 15 is 0 Å². The van der Waals surface area contributed by atoms with Gasteiger partial charge < -0.3 is 4.90 Å². The number of para-hydroxylation sites is 1. The molecule has 1 aliphatic rings. The molecule has 2 heterocycles. The van der Waals surface area contributed by atoms with Gasteiger partial charge >= 0.3 is 4.87 Å². The van der Waals surface area contributed by atoms with E-state index in [2.05, 4.69) is 0 Å². The number of anilines is 1. The van der Waals surface area contributed by atoms with E-state index in [4.69, 9.17) is 0 Å². The van der Waals surface area contributed by atoms with Crippen LogP contribution in [0.25, 0.3) is 11.3 Å². The Kier molecular flexibility index (Phi) is 4.66. The Morgan fingerprint density at radius 1 is 1.15 bits per heavy atom. The molecule has 0 fully saturated rings. The molecule has 0 aliphatic carbocycles. The van der Waals surface area contributed by atoms with E-state index in [-0.39, 0.29) is 23.1 Å². The number of nitrogens with zero attached hydrogens (tertiary/aromatic N) is 2. The smallest absolute Gasteiger partial charge is 0.308 e. The number of amides is 1. The maximum absolute atomic E-state index is 13.3. The number of halogens is 1. The predicted molar refractivity (Wildman–Crippen MR) is 106 cm³/mol. The number of carbonyl (C=O) groups is 1. The summed E-state index contributed by atoms with van der Waals surface area (Å²) in [5.41, 5.74) is 3.50. The number of aromatic nitrogens is 1. The van der Waals surface area contributed by atoms with Crippen molar-refractivity contribution < 1.29 is 9.18 Å². The van der Waals surface area contributed by atoms with Gasteiger partial charge in [0.05, 0.1) is 5.69 Å². The molecule has 0 unspecified atom stereocenters. The third kappa shape index (κ3) is 3.32. The van der Waals surface area contributed by atoms with Gasteiger partial charge in [-0.2, -0.15) is 0 Å². The highest BCUT2D eigenvalue weighted by Gasteiger charge is 2.24. The van der Waals surface area contributed by atoms with Crippen LogP contribution in [0.4, 0.5) is 10.1 Å². The summed E-state index contributed by atoms with van der Waals surface area (Å²) < 4.78 is 14.8. The fourth-order valence-corrected chi connectivity index (χ4v) is 4.49. The van der Waals surface area contributed by atoms with Crippen molar-refractivity contribution >= 4 is 22.9 Å². The lowest BCUT2D eigenvalue weighted by Crippen LogP contribution is -2.39. The van der Waals surface area contributed by atoms with Crippen molar-refractivity contribution in [3.05, 3.63) is 74.5 Å². The van der Waals surface area contributed by atoms with Crippen LogP contribution in [0.5, 0.6) is 0 Å². The Balaban J connectivity index is 1.69. The zero-order valence-electron chi connectivity index (χ0n) is 14.9. The minimum Gasteiger partial charge on any atom is -0.311 e. The number of carbonyl (C=O) groups excluding carboxylic acids is 1. The van der Waals surface area contributed by atoms with E-state index in [9.17, 15) is 14.0 Å². The summed E-state index contributed by atoms with van der Waals surface area (Å²) in [7, 11) is 0. The van der Waals surface area contributed by atoms with Crippen molar-refractivity contribution in [2.45, 2.75) is 26.3 Å². The molecule has 0 radical (unpaired) electrons. The molecule has 0 saturated carbocycles. The normalized spacial score (nSPS) is 13.5. The molecule has 4 nitrogen and oxygen atoms in total. The van der Waals surface area contributed by atoms with Crippen molar-refractivity contribution in [1.29, 1.82) is 0 Å². The summed E-state index contributed by atoms with van der Waals surface area (Å²) in [6.07, 6.45) is 1.86. The van der Waals surface area contributed by atoms with Crippen molar-refractivity contribution in [3.8, 4) is 11.3 Å². The Hall–Kier alpha value is -2.73. The van der Waals surface area contributed by atoms with Gasteiger partial charge in [-0.05, 0) is 61.2 Å². The molecular weight excluding hydrogens is 363 g/mol. The minimum atomic E-state index is -0.332. The van der Waals surface area contributed by atoms with Crippen LogP contribution in [0.2, 0.25) is 0 Å². The van der Waals surface area contributed by atoms with Gasteiger partial charge in [0, 0.05) is 17.1 Å². The molecule has 138 valence electrons. The third-order valence-electron chi connectivity index (χ3n) is 4.89. The van der Waals surface area contributed by atoms with Crippen LogP contribution < -0.4 is 9.77 Å². The fraction of sp³-hybridized carbons (Fsp3) is 0.238. The van der Waals surface area contributed by atoms with E-state index in [0.717, 1.165) is 45.9 Å². The van der Waals surface area contributed by atoms with Gasteiger partial charge in [0.2, 0.25) is 5.91 Å². The molecule has 4 rings (SSSR count). The SMILES string of the molecule is Cc1sc(=O)n(CC(=O)N2CCCc3ccccc32)c1-c1ccc(F)cc1. The fourth-order valence-electron chi connectivity index (χ4n) is 3.64. The molecule has 1 aliphatic heterocycles. The van der Waals surface area contributed by atoms with Gasteiger partial charge in [-0.25, -0.2) is 4.39 Å². The zero-order valence-corrected chi connectivity index (χ0v) is 15.8. The Morgan fingerprint density at radius 2 is 1.89 bits per heavy atom. The molecular formula is C21H19FN2O2S. The molecule has 0 spiro atoms. The molecule has 0 atom stereocenters. The number of hydrogen-bond donors (Lipinski definition) is 0. The average Bonchev–Trinajstić information content (AvgIpc) is 2.95. The number of thiazole rings is 1. The van der Waals surface area contributed by atoms with Crippen molar-refractivity contribution in [2.24, 2.45) is 0 Å². The standard InChI is InChI=1S/C21H19FN2O2S/c1-14-20(16-8-10-17(22)11-9-16)24(21(26)27-14)13-19(25)23-12-4-6-15-5-2-3-7-18(15)23/h2-3,5,7-11H,4,6,12-13H2,1H3. The van der Waals surface area contributed by atoms with Crippen LogP contribution >= 0.6 is 11.3 Å². The highest BCUT2D eigenvalue weighted by Crippen LogP contribution is 2.29. The lowest BCUT2D eigenvalue weighted by Gasteiger charge is -2.29. The summed E-state index contributed by atoms with van der Waals surface area (Å²) in [6, 6.07) is 13.9. The first-order valence-electron chi connectivity index (χ1n) is 8.89. The quantitative estimate of drug-likeness (QED) is 0.687. The lowest BCUT2D eigenvalue weighted by molar-refractivity contribution is -0.119. The van der Waals surface area contributed by atoms with Crippen LogP contribution in [0.3, 0.4) is 0 Å². The summed E-state index contributed by atoms with van der Waals surface area (Å²) in [5.74, 6) is -0.438. The number of rotatable bonds is 3. The summed E-state index contributed by atoms with van der Waals surface area (Å²) in [6.45, 7) is 2.48. The number of fused-ring (bicyclic) bond motifs is 1. The molecule has 1 amide bonds. The molecule has 1 aromatic heterocycles. The summed E-state index contributed by atoms with van der Waals surface area (Å²) in [4.78, 5) is 28.0. The number of aryl methyl sites for hydroxylation is 2. The van der Waals surface area contributed by atoms with Gasteiger partial charge in [-0.3, -0.25) is 14.2 Å². The van der Waals surface area contributed by atoms with Crippen LogP contribution in [0, 0.1) is 12.7 Å². The van der Waals surface area contributed by atoms with Gasteiger partial charge in [0.1, 0.15) is 12.4 Å². The van der Waals surface area contributed by atoms with E-state index in [1.54, 1.807) is 17.0 Å². The van der Waals surface area contributed by atoms with Gasteiger partial charge in [-0.1, -0.05) is 29.5 Å². The molecule has 6 heteroatoms. The first-order chi connectivity index (χ1) is 13.0. The molecule has 3 aromatic rings. The predicted octanol–water partition coefficient (Wildman–Crippen LogP) is 4.00. The van der Waals surface area contributed by atoms with E-state index in [1.807, 2.05) is 31.2 Å². The van der Waals surface area contributed by atoms with Crippen LogP contribution in [-0.4, -0.2) is 17.0 Å². The second-order valence-electron chi connectivity index (χ2n) is 6.64. The van der Waals surface area contributed by atoms with E-state index in [0.29, 0.717) is 12.2 Å². The van der Waals surface area contributed by atoms with Crippen LogP contribution in [0.1, 0.15) is 16.9 Å². The third-order valence-corrected chi connectivity index (χ3v) is 5.78. The highest BCUT2D eigenvalue weighted by molar-refractivity contribution is 7.09. The molecule has 2 aromatic carbocycles. The monoisotopic (exact) mass is 382 g/mol. The largest absolute Gasteiger partial charge is 0.311 e. The van der Waals surface area contributed by atoms with E-state index < -0.39 is 0 Å². The highest BCUT2D eigenvalue weighted by atomic mass is 32.1. The minimum absolute atomic E-state index is 0.0236. The van der Waals surface area contributed by atoms with Gasteiger partial charge in [0.15, 0.2) is 0 Å². The number of hydrogen-bond acceptors (Lipinski definition) is 3. The topological polar surface area (TPSA) is 42.3 Å².